The average molecular weight is 376 g/mol. The maximum absolute atomic E-state index is 12.5. The van der Waals surface area contributed by atoms with E-state index in [9.17, 15) is 9.59 Å². The van der Waals surface area contributed by atoms with Crippen molar-refractivity contribution in [1.29, 1.82) is 0 Å². The van der Waals surface area contributed by atoms with Gasteiger partial charge >= 0.3 is 5.97 Å². The zero-order valence-corrected chi connectivity index (χ0v) is 16.8. The summed E-state index contributed by atoms with van der Waals surface area (Å²) in [5, 5.41) is 2.26. The Balaban J connectivity index is 1.28. The van der Waals surface area contributed by atoms with Crippen molar-refractivity contribution in [2.24, 2.45) is 23.2 Å². The van der Waals surface area contributed by atoms with E-state index in [2.05, 4.69) is 18.8 Å². The van der Waals surface area contributed by atoms with Crippen LogP contribution in [0.3, 0.4) is 0 Å². The van der Waals surface area contributed by atoms with Gasteiger partial charge in [0.05, 0.1) is 13.1 Å². The second-order valence-electron chi connectivity index (χ2n) is 9.55. The standard InChI is InChI=1S/C22H34N2O3/c1-15-6-3-8-22(2)13-19-16(12-18(15)22)17(21(26)27-19)14-23-9-5-11-24-10-4-7-20(24)25/h16-19,23H,1,3-14H2,2H3/p+1/t16-,17-,18-,19+,22-/m0/s1. The van der Waals surface area contributed by atoms with Crippen molar-refractivity contribution in [3.8, 4) is 0 Å². The first-order valence-electron chi connectivity index (χ1n) is 11.0. The predicted molar refractivity (Wildman–Crippen MR) is 103 cm³/mol. The summed E-state index contributed by atoms with van der Waals surface area (Å²) >= 11 is 0. The van der Waals surface area contributed by atoms with Gasteiger partial charge in [0, 0.05) is 31.8 Å². The molecule has 2 aliphatic carbocycles. The fraction of sp³-hybridized carbons (Fsp3) is 0.818. The Morgan fingerprint density at radius 1 is 1.30 bits per heavy atom. The minimum atomic E-state index is 0.0174. The lowest BCUT2D eigenvalue weighted by Gasteiger charge is -2.49. The largest absolute Gasteiger partial charge is 0.462 e. The topological polar surface area (TPSA) is 63.2 Å². The van der Waals surface area contributed by atoms with E-state index in [1.807, 2.05) is 4.90 Å². The fourth-order valence-corrected chi connectivity index (χ4v) is 6.19. The van der Waals surface area contributed by atoms with Gasteiger partial charge in [0.15, 0.2) is 0 Å². The van der Waals surface area contributed by atoms with E-state index in [0.29, 0.717) is 24.2 Å². The van der Waals surface area contributed by atoms with Gasteiger partial charge in [-0.25, -0.2) is 0 Å². The summed E-state index contributed by atoms with van der Waals surface area (Å²) in [5.74, 6) is 1.27. The Labute approximate surface area is 162 Å². The first-order chi connectivity index (χ1) is 13.0. The number of fused-ring (bicyclic) bond motifs is 2. The molecule has 0 aromatic heterocycles. The van der Waals surface area contributed by atoms with Crippen LogP contribution < -0.4 is 5.32 Å². The van der Waals surface area contributed by atoms with Crippen molar-refractivity contribution in [3.05, 3.63) is 12.2 Å². The maximum Gasteiger partial charge on any atom is 0.315 e. The number of carbonyl (C=O) groups is 2. The van der Waals surface area contributed by atoms with Crippen LogP contribution in [0.5, 0.6) is 0 Å². The molecule has 0 aromatic rings. The van der Waals surface area contributed by atoms with Crippen LogP contribution in [0, 0.1) is 23.2 Å². The Morgan fingerprint density at radius 2 is 2.15 bits per heavy atom. The third kappa shape index (κ3) is 3.67. The summed E-state index contributed by atoms with van der Waals surface area (Å²) in [6.45, 7) is 10.3. The van der Waals surface area contributed by atoms with Gasteiger partial charge in [-0.3, -0.25) is 9.59 Å². The third-order valence-electron chi connectivity index (χ3n) is 7.75. The molecule has 0 radical (unpaired) electrons. The molecule has 2 saturated carbocycles. The molecule has 2 N–H and O–H groups in total. The molecule has 27 heavy (non-hydrogen) atoms. The number of nitrogens with zero attached hydrogens (tertiary/aromatic N) is 1. The van der Waals surface area contributed by atoms with Crippen molar-refractivity contribution >= 4 is 11.9 Å². The zero-order valence-electron chi connectivity index (χ0n) is 16.8. The molecule has 4 rings (SSSR count). The van der Waals surface area contributed by atoms with Crippen molar-refractivity contribution in [2.75, 3.05) is 26.2 Å². The lowest BCUT2D eigenvalue weighted by atomic mass is 9.55. The predicted octanol–water partition coefficient (Wildman–Crippen LogP) is 1.88. The number of hydrogen-bond donors (Lipinski definition) is 1. The van der Waals surface area contributed by atoms with Gasteiger partial charge in [0.25, 0.3) is 0 Å². The van der Waals surface area contributed by atoms with Gasteiger partial charge in [-0.1, -0.05) is 19.1 Å². The quantitative estimate of drug-likeness (QED) is 0.438. The highest BCUT2D eigenvalue weighted by molar-refractivity contribution is 5.78. The van der Waals surface area contributed by atoms with Crippen LogP contribution in [0.4, 0.5) is 0 Å². The number of quaternary nitrogens is 1. The molecule has 0 aromatic carbocycles. The summed E-state index contributed by atoms with van der Waals surface area (Å²) < 4.78 is 5.84. The van der Waals surface area contributed by atoms with Crippen LogP contribution >= 0.6 is 0 Å². The molecule has 0 unspecified atom stereocenters. The molecule has 1 amide bonds. The lowest BCUT2D eigenvalue weighted by Crippen LogP contribution is -2.86. The highest BCUT2D eigenvalue weighted by atomic mass is 16.6. The number of esters is 1. The van der Waals surface area contributed by atoms with Crippen LogP contribution in [-0.4, -0.2) is 49.1 Å². The lowest BCUT2D eigenvalue weighted by molar-refractivity contribution is -0.659. The molecule has 4 aliphatic rings. The first-order valence-corrected chi connectivity index (χ1v) is 11.0. The van der Waals surface area contributed by atoms with E-state index in [4.69, 9.17) is 4.74 Å². The number of amides is 1. The van der Waals surface area contributed by atoms with E-state index in [1.54, 1.807) is 0 Å². The van der Waals surface area contributed by atoms with Gasteiger partial charge in [0.2, 0.25) is 5.91 Å². The van der Waals surface area contributed by atoms with Crippen molar-refractivity contribution in [2.45, 2.75) is 64.4 Å². The monoisotopic (exact) mass is 375 g/mol. The fourth-order valence-electron chi connectivity index (χ4n) is 6.19. The molecule has 2 saturated heterocycles. The van der Waals surface area contributed by atoms with Crippen molar-refractivity contribution in [3.63, 3.8) is 0 Å². The number of allylic oxidation sites excluding steroid dienone is 1. The zero-order chi connectivity index (χ0) is 19.0. The summed E-state index contributed by atoms with van der Waals surface area (Å²) in [7, 11) is 0. The van der Waals surface area contributed by atoms with Crippen molar-refractivity contribution < 1.29 is 19.6 Å². The Morgan fingerprint density at radius 3 is 2.93 bits per heavy atom. The van der Waals surface area contributed by atoms with E-state index in [0.717, 1.165) is 58.3 Å². The maximum atomic E-state index is 12.5. The normalized spacial score (nSPS) is 38.7. The van der Waals surface area contributed by atoms with E-state index in [1.165, 1.54) is 18.4 Å². The van der Waals surface area contributed by atoms with Gasteiger partial charge in [0.1, 0.15) is 12.0 Å². The average Bonchev–Trinajstić information content (AvgIpc) is 3.15. The minimum absolute atomic E-state index is 0.0174. The number of rotatable bonds is 6. The van der Waals surface area contributed by atoms with E-state index in [-0.39, 0.29) is 23.4 Å². The van der Waals surface area contributed by atoms with Gasteiger partial charge in [-0.15, -0.1) is 0 Å². The first kappa shape index (κ1) is 19.0. The van der Waals surface area contributed by atoms with Crippen LogP contribution in [0.15, 0.2) is 12.2 Å². The van der Waals surface area contributed by atoms with Crippen molar-refractivity contribution in [1.82, 2.24) is 4.90 Å². The second kappa shape index (κ2) is 7.57. The number of ether oxygens (including phenoxy) is 1. The van der Waals surface area contributed by atoms with E-state index >= 15 is 0 Å². The Kier molecular flexibility index (Phi) is 5.32. The van der Waals surface area contributed by atoms with Gasteiger partial charge in [-0.2, -0.15) is 0 Å². The molecule has 5 heteroatoms. The molecule has 5 atom stereocenters. The summed E-state index contributed by atoms with van der Waals surface area (Å²) in [4.78, 5) is 26.2. The van der Waals surface area contributed by atoms with Gasteiger partial charge in [-0.05, 0) is 49.9 Å². The number of likely N-dealkylation sites (tertiary alicyclic amines) is 1. The number of carbonyl (C=O) groups excluding carboxylic acids is 2. The van der Waals surface area contributed by atoms with E-state index < -0.39 is 0 Å². The molecule has 5 nitrogen and oxygen atoms in total. The summed E-state index contributed by atoms with van der Waals surface area (Å²) in [6, 6.07) is 0. The molecule has 0 spiro atoms. The molecular weight excluding hydrogens is 340 g/mol. The van der Waals surface area contributed by atoms with Crippen LogP contribution in [0.25, 0.3) is 0 Å². The number of hydrogen-bond acceptors (Lipinski definition) is 3. The SMILES string of the molecule is C=C1CCC[C@@]2(C)C[C@H]3OC(=O)[C@@H](C[NH2+]CCCN4CCCC4=O)[C@@H]3C[C@@H]12. The van der Waals surface area contributed by atoms with Crippen LogP contribution in [0.1, 0.15) is 58.3 Å². The molecule has 2 heterocycles. The minimum Gasteiger partial charge on any atom is -0.462 e. The van der Waals surface area contributed by atoms with Gasteiger partial charge < -0.3 is 15.0 Å². The molecule has 4 fully saturated rings. The summed E-state index contributed by atoms with van der Waals surface area (Å²) in [6.07, 6.45) is 8.55. The Hall–Kier alpha value is -1.36. The molecule has 2 aliphatic heterocycles. The van der Waals surface area contributed by atoms with Crippen LogP contribution in [-0.2, 0) is 14.3 Å². The summed E-state index contributed by atoms with van der Waals surface area (Å²) in [5.41, 5.74) is 1.68. The molecule has 0 bridgehead atoms. The second-order valence-corrected chi connectivity index (χ2v) is 9.55. The number of nitrogens with two attached hydrogens (primary N) is 1. The highest BCUT2D eigenvalue weighted by Gasteiger charge is 2.55. The van der Waals surface area contributed by atoms with Crippen LogP contribution in [0.2, 0.25) is 0 Å². The molecule has 150 valence electrons. The smallest absolute Gasteiger partial charge is 0.315 e. The third-order valence-corrected chi connectivity index (χ3v) is 7.75. The Bertz CT molecular complexity index is 619. The highest BCUT2D eigenvalue weighted by Crippen LogP contribution is 2.56. The molecular formula is C22H35N2O3+.